The summed E-state index contributed by atoms with van der Waals surface area (Å²) in [6.07, 6.45) is 4.63. The third-order valence-corrected chi connectivity index (χ3v) is 2.41. The van der Waals surface area contributed by atoms with E-state index in [2.05, 4.69) is 22.0 Å². The van der Waals surface area contributed by atoms with E-state index in [0.717, 1.165) is 12.2 Å². The van der Waals surface area contributed by atoms with Gasteiger partial charge in [-0.05, 0) is 0 Å². The van der Waals surface area contributed by atoms with Crippen molar-refractivity contribution < 1.29 is 4.52 Å². The number of hydrogen-bond donors (Lipinski definition) is 0. The maximum atomic E-state index is 5.15. The van der Waals surface area contributed by atoms with Crippen LogP contribution in [-0.4, -0.2) is 19.7 Å². The van der Waals surface area contributed by atoms with Crippen molar-refractivity contribution in [3.8, 4) is 0 Å². The molecule has 2 aromatic rings. The van der Waals surface area contributed by atoms with Crippen LogP contribution in [0.15, 0.2) is 16.9 Å². The summed E-state index contributed by atoms with van der Waals surface area (Å²) >= 11 is 0. The molecule has 0 spiro atoms. The maximum Gasteiger partial charge on any atom is 0.229 e. The molecule has 0 aliphatic heterocycles. The van der Waals surface area contributed by atoms with Gasteiger partial charge in [-0.2, -0.15) is 4.98 Å². The summed E-state index contributed by atoms with van der Waals surface area (Å²) in [7, 11) is 0. The first kappa shape index (κ1) is 10.9. The van der Waals surface area contributed by atoms with Crippen LogP contribution >= 0.6 is 0 Å². The molecule has 2 rings (SSSR count). The topological polar surface area (TPSA) is 56.7 Å². The SMILES string of the molecule is CCc1nccn1Cc1noc(C(C)C)n1. The standard InChI is InChI=1S/C11H16N4O/c1-4-10-12-5-6-15(10)7-9-13-11(8(2)3)16-14-9/h5-6,8H,4,7H2,1-3H3. The highest BCUT2D eigenvalue weighted by atomic mass is 16.5. The molecule has 0 N–H and O–H groups in total. The molecule has 2 aromatic heterocycles. The van der Waals surface area contributed by atoms with Gasteiger partial charge in [0, 0.05) is 24.7 Å². The third-order valence-electron chi connectivity index (χ3n) is 2.41. The second-order valence-corrected chi connectivity index (χ2v) is 4.03. The fraction of sp³-hybridized carbons (Fsp3) is 0.545. The van der Waals surface area contributed by atoms with Gasteiger partial charge in [-0.1, -0.05) is 25.9 Å². The van der Waals surface area contributed by atoms with Crippen molar-refractivity contribution in [2.75, 3.05) is 0 Å². The Morgan fingerprint density at radius 1 is 1.44 bits per heavy atom. The van der Waals surface area contributed by atoms with E-state index < -0.39 is 0 Å². The van der Waals surface area contributed by atoms with Crippen molar-refractivity contribution in [2.45, 2.75) is 39.7 Å². The van der Waals surface area contributed by atoms with Crippen LogP contribution in [0.3, 0.4) is 0 Å². The molecule has 0 fully saturated rings. The van der Waals surface area contributed by atoms with Crippen LogP contribution < -0.4 is 0 Å². The van der Waals surface area contributed by atoms with E-state index in [0.29, 0.717) is 18.3 Å². The minimum Gasteiger partial charge on any atom is -0.339 e. The molecular weight excluding hydrogens is 204 g/mol. The van der Waals surface area contributed by atoms with E-state index in [1.54, 1.807) is 6.20 Å². The number of rotatable bonds is 4. The van der Waals surface area contributed by atoms with Gasteiger partial charge >= 0.3 is 0 Å². The summed E-state index contributed by atoms with van der Waals surface area (Å²) in [4.78, 5) is 8.58. The largest absolute Gasteiger partial charge is 0.339 e. The predicted molar refractivity (Wildman–Crippen MR) is 59.1 cm³/mol. The highest BCUT2D eigenvalue weighted by molar-refractivity contribution is 4.97. The van der Waals surface area contributed by atoms with E-state index in [9.17, 15) is 0 Å². The summed E-state index contributed by atoms with van der Waals surface area (Å²) in [5.41, 5.74) is 0. The minimum absolute atomic E-state index is 0.273. The van der Waals surface area contributed by atoms with Gasteiger partial charge in [0.2, 0.25) is 5.89 Å². The molecule has 0 unspecified atom stereocenters. The van der Waals surface area contributed by atoms with E-state index in [4.69, 9.17) is 4.52 Å². The van der Waals surface area contributed by atoms with E-state index in [1.807, 2.05) is 24.6 Å². The molecule has 2 heterocycles. The summed E-state index contributed by atoms with van der Waals surface area (Å²) in [5.74, 6) is 2.70. The molecule has 5 heteroatoms. The van der Waals surface area contributed by atoms with Crippen molar-refractivity contribution in [3.05, 3.63) is 29.9 Å². The van der Waals surface area contributed by atoms with Crippen LogP contribution in [0, 0.1) is 0 Å². The van der Waals surface area contributed by atoms with Gasteiger partial charge in [0.05, 0.1) is 6.54 Å². The van der Waals surface area contributed by atoms with Gasteiger partial charge in [0.15, 0.2) is 5.82 Å². The quantitative estimate of drug-likeness (QED) is 0.790. The molecule has 86 valence electrons. The summed E-state index contributed by atoms with van der Waals surface area (Å²) in [6, 6.07) is 0. The molecule has 0 saturated heterocycles. The number of imidazole rings is 1. The van der Waals surface area contributed by atoms with E-state index in [-0.39, 0.29) is 5.92 Å². The Hall–Kier alpha value is -1.65. The Labute approximate surface area is 94.5 Å². The molecule has 0 saturated carbocycles. The van der Waals surface area contributed by atoms with Gasteiger partial charge in [-0.25, -0.2) is 4.98 Å². The maximum absolute atomic E-state index is 5.15. The molecule has 0 aliphatic carbocycles. The zero-order valence-electron chi connectivity index (χ0n) is 9.84. The Morgan fingerprint density at radius 2 is 2.25 bits per heavy atom. The van der Waals surface area contributed by atoms with Crippen molar-refractivity contribution in [3.63, 3.8) is 0 Å². The van der Waals surface area contributed by atoms with E-state index >= 15 is 0 Å². The fourth-order valence-corrected chi connectivity index (χ4v) is 1.52. The summed E-state index contributed by atoms with van der Waals surface area (Å²) in [6.45, 7) is 6.77. The molecular formula is C11H16N4O. The smallest absolute Gasteiger partial charge is 0.229 e. The first-order chi connectivity index (χ1) is 7.70. The third kappa shape index (κ3) is 2.13. The fourth-order valence-electron chi connectivity index (χ4n) is 1.52. The van der Waals surface area contributed by atoms with Crippen LogP contribution in [0.25, 0.3) is 0 Å². The second kappa shape index (κ2) is 4.47. The van der Waals surface area contributed by atoms with Crippen molar-refractivity contribution in [2.24, 2.45) is 0 Å². The van der Waals surface area contributed by atoms with Crippen molar-refractivity contribution in [1.29, 1.82) is 0 Å². The zero-order chi connectivity index (χ0) is 11.5. The molecule has 0 radical (unpaired) electrons. The van der Waals surface area contributed by atoms with Crippen LogP contribution in [-0.2, 0) is 13.0 Å². The van der Waals surface area contributed by atoms with Crippen LogP contribution in [0.4, 0.5) is 0 Å². The average Bonchev–Trinajstić information content (AvgIpc) is 2.87. The predicted octanol–water partition coefficient (Wildman–Crippen LogP) is 2.00. The number of hydrogen-bond acceptors (Lipinski definition) is 4. The molecule has 5 nitrogen and oxygen atoms in total. The molecule has 0 amide bonds. The second-order valence-electron chi connectivity index (χ2n) is 4.03. The van der Waals surface area contributed by atoms with Gasteiger partial charge in [-0.15, -0.1) is 0 Å². The molecule has 0 bridgehead atoms. The number of aromatic nitrogens is 4. The Balaban J connectivity index is 2.14. The lowest BCUT2D eigenvalue weighted by molar-refractivity contribution is 0.359. The van der Waals surface area contributed by atoms with Crippen molar-refractivity contribution >= 4 is 0 Å². The van der Waals surface area contributed by atoms with Gasteiger partial charge < -0.3 is 9.09 Å². The highest BCUT2D eigenvalue weighted by Gasteiger charge is 2.11. The van der Waals surface area contributed by atoms with E-state index in [1.165, 1.54) is 0 Å². The molecule has 16 heavy (non-hydrogen) atoms. The van der Waals surface area contributed by atoms with Crippen LogP contribution in [0.2, 0.25) is 0 Å². The lowest BCUT2D eigenvalue weighted by Gasteiger charge is -2.01. The Bertz CT molecular complexity index is 458. The first-order valence-corrected chi connectivity index (χ1v) is 5.53. The van der Waals surface area contributed by atoms with Crippen LogP contribution in [0.5, 0.6) is 0 Å². The highest BCUT2D eigenvalue weighted by Crippen LogP contribution is 2.11. The first-order valence-electron chi connectivity index (χ1n) is 5.53. The number of nitrogens with zero attached hydrogens (tertiary/aromatic N) is 4. The molecule has 0 atom stereocenters. The van der Waals surface area contributed by atoms with Gasteiger partial charge in [-0.3, -0.25) is 0 Å². The molecule has 0 aromatic carbocycles. The Kier molecular flexibility index (Phi) is 3.03. The van der Waals surface area contributed by atoms with Gasteiger partial charge in [0.25, 0.3) is 0 Å². The normalized spacial score (nSPS) is 11.2. The van der Waals surface area contributed by atoms with Crippen LogP contribution in [0.1, 0.15) is 44.2 Å². The van der Waals surface area contributed by atoms with Gasteiger partial charge in [0.1, 0.15) is 5.82 Å². The lowest BCUT2D eigenvalue weighted by atomic mass is 10.2. The zero-order valence-corrected chi connectivity index (χ0v) is 9.84. The minimum atomic E-state index is 0.273. The summed E-state index contributed by atoms with van der Waals surface area (Å²) < 4.78 is 7.19. The average molecular weight is 220 g/mol. The number of aryl methyl sites for hydroxylation is 1. The lowest BCUT2D eigenvalue weighted by Crippen LogP contribution is -2.04. The molecule has 0 aliphatic rings. The van der Waals surface area contributed by atoms with Crippen molar-refractivity contribution in [1.82, 2.24) is 19.7 Å². The monoisotopic (exact) mass is 220 g/mol. The Morgan fingerprint density at radius 3 is 2.88 bits per heavy atom. The summed E-state index contributed by atoms with van der Waals surface area (Å²) in [5, 5.41) is 3.95.